The van der Waals surface area contributed by atoms with E-state index in [-0.39, 0.29) is 30.8 Å². The van der Waals surface area contributed by atoms with E-state index in [1.807, 2.05) is 81.4 Å². The fourth-order valence-electron chi connectivity index (χ4n) is 4.27. The van der Waals surface area contributed by atoms with Crippen LogP contribution < -0.4 is 10.6 Å². The van der Waals surface area contributed by atoms with E-state index in [9.17, 15) is 14.7 Å². The van der Waals surface area contributed by atoms with Crippen molar-refractivity contribution in [1.29, 1.82) is 0 Å². The Hall–Kier alpha value is -3.78. The van der Waals surface area contributed by atoms with Gasteiger partial charge in [-0.15, -0.1) is 0 Å². The highest BCUT2D eigenvalue weighted by Gasteiger charge is 2.35. The van der Waals surface area contributed by atoms with Crippen LogP contribution in [0.2, 0.25) is 0 Å². The molecule has 0 aliphatic carbocycles. The summed E-state index contributed by atoms with van der Waals surface area (Å²) in [6.07, 6.45) is -0.640. The van der Waals surface area contributed by atoms with Gasteiger partial charge in [-0.2, -0.15) is 0 Å². The number of aromatic nitrogens is 2. The number of likely N-dealkylation sites (tertiary alicyclic amines) is 1. The van der Waals surface area contributed by atoms with Crippen LogP contribution in [-0.2, 0) is 9.59 Å². The lowest BCUT2D eigenvalue weighted by Crippen LogP contribution is -2.31. The number of aryl methyl sites for hydroxylation is 2. The van der Waals surface area contributed by atoms with Crippen molar-refractivity contribution in [3.63, 3.8) is 0 Å². The number of anilines is 2. The first-order valence-corrected chi connectivity index (χ1v) is 11.8. The average molecular weight is 474 g/mol. The predicted molar refractivity (Wildman–Crippen MR) is 135 cm³/mol. The van der Waals surface area contributed by atoms with Gasteiger partial charge in [0.05, 0.1) is 24.6 Å². The van der Waals surface area contributed by atoms with Gasteiger partial charge in [0.15, 0.2) is 5.82 Å². The van der Waals surface area contributed by atoms with Gasteiger partial charge in [0, 0.05) is 35.7 Å². The lowest BCUT2D eigenvalue weighted by atomic mass is 10.1. The number of hydrogen-bond donors (Lipinski definition) is 3. The van der Waals surface area contributed by atoms with Gasteiger partial charge in [0.1, 0.15) is 0 Å². The van der Waals surface area contributed by atoms with E-state index in [1.165, 1.54) is 0 Å². The van der Waals surface area contributed by atoms with Crippen molar-refractivity contribution in [2.24, 2.45) is 5.92 Å². The molecular formula is C27H31N5O3. The lowest BCUT2D eigenvalue weighted by molar-refractivity contribution is -0.129. The molecule has 1 aromatic heterocycles. The Bertz CT molecular complexity index is 1160. The molecule has 3 unspecified atom stereocenters. The minimum absolute atomic E-state index is 0.0734. The summed E-state index contributed by atoms with van der Waals surface area (Å²) in [6, 6.07) is 18.5. The Kier molecular flexibility index (Phi) is 7.41. The smallest absolute Gasteiger partial charge is 0.229 e. The molecule has 3 N–H and O–H groups in total. The molecule has 2 amide bonds. The molecule has 35 heavy (non-hydrogen) atoms. The number of hydrogen-bond acceptors (Lipinski definition) is 6. The summed E-state index contributed by atoms with van der Waals surface area (Å²) < 4.78 is 0. The van der Waals surface area contributed by atoms with Gasteiger partial charge in [-0.05, 0) is 56.7 Å². The topological polar surface area (TPSA) is 107 Å². The SMILES string of the molecule is Cc1cc(C)nc(C(C)Nc2ccc(NC(=O)C3CC(=O)N(CC(O)c4ccccc4)C3)cc2)n1. The van der Waals surface area contributed by atoms with Gasteiger partial charge in [-0.3, -0.25) is 9.59 Å². The van der Waals surface area contributed by atoms with Crippen molar-refractivity contribution < 1.29 is 14.7 Å². The van der Waals surface area contributed by atoms with E-state index < -0.39 is 12.0 Å². The normalized spacial score (nSPS) is 17.2. The molecule has 4 rings (SSSR count). The van der Waals surface area contributed by atoms with Crippen molar-refractivity contribution in [3.05, 3.63) is 83.4 Å². The Morgan fingerprint density at radius 3 is 2.34 bits per heavy atom. The summed E-state index contributed by atoms with van der Waals surface area (Å²) in [4.78, 5) is 35.8. The van der Waals surface area contributed by atoms with Gasteiger partial charge in [-0.1, -0.05) is 30.3 Å². The zero-order valence-electron chi connectivity index (χ0n) is 20.2. The molecule has 182 valence electrons. The highest BCUT2D eigenvalue weighted by molar-refractivity contribution is 5.97. The molecule has 8 nitrogen and oxygen atoms in total. The third kappa shape index (κ3) is 6.22. The predicted octanol–water partition coefficient (Wildman–Crippen LogP) is 3.79. The van der Waals surface area contributed by atoms with E-state index in [4.69, 9.17) is 0 Å². The maximum atomic E-state index is 12.8. The van der Waals surface area contributed by atoms with Crippen LogP contribution in [0, 0.1) is 19.8 Å². The fourth-order valence-corrected chi connectivity index (χ4v) is 4.27. The van der Waals surface area contributed by atoms with Crippen LogP contribution in [-0.4, -0.2) is 44.9 Å². The van der Waals surface area contributed by atoms with Crippen molar-refractivity contribution in [2.75, 3.05) is 23.7 Å². The molecule has 0 radical (unpaired) electrons. The summed E-state index contributed by atoms with van der Waals surface area (Å²) in [7, 11) is 0. The highest BCUT2D eigenvalue weighted by Crippen LogP contribution is 2.24. The molecule has 3 atom stereocenters. The molecule has 3 aromatic rings. The summed E-state index contributed by atoms with van der Waals surface area (Å²) >= 11 is 0. The van der Waals surface area contributed by atoms with Gasteiger partial charge in [0.25, 0.3) is 0 Å². The summed E-state index contributed by atoms with van der Waals surface area (Å²) in [6.45, 7) is 6.37. The first-order chi connectivity index (χ1) is 16.8. The fraction of sp³-hybridized carbons (Fsp3) is 0.333. The van der Waals surface area contributed by atoms with Crippen molar-refractivity contribution in [3.8, 4) is 0 Å². The monoisotopic (exact) mass is 473 g/mol. The summed E-state index contributed by atoms with van der Waals surface area (Å²) in [5, 5.41) is 16.7. The quantitative estimate of drug-likeness (QED) is 0.460. The standard InChI is InChI=1S/C27H31N5O3/c1-17-13-18(2)29-26(28-17)19(3)30-22-9-11-23(12-10-22)31-27(35)21-14-25(34)32(15-21)16-24(33)20-7-5-4-6-8-20/h4-13,19,21,24,30,33H,14-16H2,1-3H3,(H,31,35). The number of aliphatic hydroxyl groups excluding tert-OH is 1. The van der Waals surface area contributed by atoms with Crippen LogP contribution in [0.5, 0.6) is 0 Å². The zero-order chi connectivity index (χ0) is 24.9. The second-order valence-corrected chi connectivity index (χ2v) is 9.07. The van der Waals surface area contributed by atoms with Crippen LogP contribution >= 0.6 is 0 Å². The van der Waals surface area contributed by atoms with Crippen LogP contribution in [0.3, 0.4) is 0 Å². The maximum Gasteiger partial charge on any atom is 0.229 e. The Morgan fingerprint density at radius 2 is 1.69 bits per heavy atom. The number of β-amino-alcohol motifs (C(OH)–C–C–N with tert-alkyl or cyclic N) is 1. The lowest BCUT2D eigenvalue weighted by Gasteiger charge is -2.21. The minimum Gasteiger partial charge on any atom is -0.387 e. The number of nitrogens with one attached hydrogen (secondary N) is 2. The molecule has 1 saturated heterocycles. The molecular weight excluding hydrogens is 442 g/mol. The second-order valence-electron chi connectivity index (χ2n) is 9.07. The van der Waals surface area contributed by atoms with Crippen molar-refractivity contribution in [2.45, 2.75) is 39.3 Å². The number of aliphatic hydroxyl groups is 1. The molecule has 1 fully saturated rings. The molecule has 0 spiro atoms. The molecule has 1 aliphatic heterocycles. The Morgan fingerprint density at radius 1 is 1.06 bits per heavy atom. The summed E-state index contributed by atoms with van der Waals surface area (Å²) in [5.41, 5.74) is 4.15. The maximum absolute atomic E-state index is 12.8. The molecule has 2 aromatic carbocycles. The minimum atomic E-state index is -0.779. The van der Waals surface area contributed by atoms with Gasteiger partial charge in [0.2, 0.25) is 11.8 Å². The number of amides is 2. The molecule has 1 aliphatic rings. The first-order valence-electron chi connectivity index (χ1n) is 11.8. The highest BCUT2D eigenvalue weighted by atomic mass is 16.3. The van der Waals surface area contributed by atoms with Crippen LogP contribution in [0.1, 0.15) is 48.3 Å². The molecule has 8 heteroatoms. The largest absolute Gasteiger partial charge is 0.387 e. The average Bonchev–Trinajstić information content (AvgIpc) is 3.20. The molecule has 0 saturated carbocycles. The molecule has 2 heterocycles. The molecule has 0 bridgehead atoms. The first kappa shape index (κ1) is 24.3. The van der Waals surface area contributed by atoms with Crippen molar-refractivity contribution in [1.82, 2.24) is 14.9 Å². The number of carbonyl (C=O) groups excluding carboxylic acids is 2. The van der Waals surface area contributed by atoms with E-state index in [2.05, 4.69) is 20.6 Å². The number of rotatable bonds is 8. The van der Waals surface area contributed by atoms with Gasteiger partial charge >= 0.3 is 0 Å². The Balaban J connectivity index is 1.30. The van der Waals surface area contributed by atoms with E-state index in [1.54, 1.807) is 4.90 Å². The second kappa shape index (κ2) is 10.7. The van der Waals surface area contributed by atoms with Crippen LogP contribution in [0.15, 0.2) is 60.7 Å². The van der Waals surface area contributed by atoms with E-state index in [0.29, 0.717) is 12.2 Å². The van der Waals surface area contributed by atoms with Gasteiger partial charge < -0.3 is 20.6 Å². The van der Waals surface area contributed by atoms with E-state index in [0.717, 1.165) is 28.5 Å². The van der Waals surface area contributed by atoms with Crippen LogP contribution in [0.4, 0.5) is 11.4 Å². The third-order valence-electron chi connectivity index (χ3n) is 6.09. The van der Waals surface area contributed by atoms with E-state index >= 15 is 0 Å². The third-order valence-corrected chi connectivity index (χ3v) is 6.09. The number of nitrogens with zero attached hydrogens (tertiary/aromatic N) is 3. The van der Waals surface area contributed by atoms with Crippen LogP contribution in [0.25, 0.3) is 0 Å². The summed E-state index contributed by atoms with van der Waals surface area (Å²) in [5.74, 6) is -0.0484. The zero-order valence-corrected chi connectivity index (χ0v) is 20.2. The number of carbonyl (C=O) groups is 2. The number of benzene rings is 2. The van der Waals surface area contributed by atoms with Gasteiger partial charge in [-0.25, -0.2) is 9.97 Å². The Labute approximate surface area is 205 Å². The van der Waals surface area contributed by atoms with Crippen molar-refractivity contribution >= 4 is 23.2 Å².